The maximum atomic E-state index is 14.1. The molecule has 5 atom stereocenters. The number of ketones is 1. The molecule has 2 saturated heterocycles. The fourth-order valence-corrected chi connectivity index (χ4v) is 13.5. The standard InChI is InChI=1S/C45H64N4O6Si/c1-7-45(6)43(54)47-37(31-33-21-12-8-13-22-33)42(53)49-30-20-28-38(49)41(52)46-36(40(51)48-45)27-18-11-19-29-39(50)32(2)55-56(44(3,4)5,34-23-14-9-15-24-34)35-25-16-10-17-26-35/h9-10,14-17,19,23-26,29,32-33,36-38H,7-8,11-13,18,20-22,27-28,30-31H2,1-6H3,(H,46,52)(H,47,54)(H,48,51)/b29-19+/t32-,36+,37+,38-,45+/m1/s1. The third kappa shape index (κ3) is 9.88. The maximum Gasteiger partial charge on any atom is 0.262 e. The molecule has 2 aromatic rings. The minimum absolute atomic E-state index is 0.146. The molecule has 0 radical (unpaired) electrons. The van der Waals surface area contributed by atoms with E-state index in [0.29, 0.717) is 51.0 Å². The number of rotatable bonds is 13. The zero-order valence-corrected chi connectivity index (χ0v) is 35.4. The summed E-state index contributed by atoms with van der Waals surface area (Å²) in [6, 6.07) is 18.1. The van der Waals surface area contributed by atoms with Crippen LogP contribution in [0.2, 0.25) is 5.04 Å². The molecule has 2 aromatic carbocycles. The van der Waals surface area contributed by atoms with Crippen LogP contribution in [0.25, 0.3) is 0 Å². The number of hydrogen-bond acceptors (Lipinski definition) is 6. The van der Waals surface area contributed by atoms with Gasteiger partial charge in [0.15, 0.2) is 5.78 Å². The zero-order chi connectivity index (χ0) is 40.5. The van der Waals surface area contributed by atoms with Gasteiger partial charge in [-0.25, -0.2) is 0 Å². The van der Waals surface area contributed by atoms with Gasteiger partial charge < -0.3 is 25.3 Å². The molecule has 10 nitrogen and oxygen atoms in total. The van der Waals surface area contributed by atoms with Crippen LogP contribution < -0.4 is 26.3 Å². The van der Waals surface area contributed by atoms with E-state index >= 15 is 0 Å². The Morgan fingerprint density at radius 1 is 0.893 bits per heavy atom. The number of allylic oxidation sites excluding steroid dienone is 1. The largest absolute Gasteiger partial charge is 0.397 e. The predicted octanol–water partition coefficient (Wildman–Crippen LogP) is 5.48. The SMILES string of the molecule is CC[C@]1(C)NC(=O)[C@H](CCC/C=C/C(=O)[C@@H](C)O[Si](c2ccccc2)(c2ccccc2)C(C)(C)C)NC(=O)[C@H]2CCCN2C(=O)[C@H](CC2CCCCC2)NC1=O. The van der Waals surface area contributed by atoms with Crippen LogP contribution in [-0.2, 0) is 28.4 Å². The van der Waals surface area contributed by atoms with E-state index in [-0.39, 0.29) is 35.0 Å². The monoisotopic (exact) mass is 784 g/mol. The molecule has 4 amide bonds. The molecule has 11 heteroatoms. The number of nitrogens with zero attached hydrogens (tertiary/aromatic N) is 1. The van der Waals surface area contributed by atoms with Crippen LogP contribution >= 0.6 is 0 Å². The second-order valence-electron chi connectivity index (χ2n) is 17.4. The van der Waals surface area contributed by atoms with Gasteiger partial charge in [0.05, 0.1) is 0 Å². The summed E-state index contributed by atoms with van der Waals surface area (Å²) in [5.74, 6) is -1.21. The highest BCUT2D eigenvalue weighted by molar-refractivity contribution is 6.99. The van der Waals surface area contributed by atoms with Crippen molar-refractivity contribution < 1.29 is 28.4 Å². The second kappa shape index (κ2) is 18.9. The summed E-state index contributed by atoms with van der Waals surface area (Å²) in [6.45, 7) is 12.3. The Labute approximate surface area is 335 Å². The fraction of sp³-hybridized carbons (Fsp3) is 0.578. The molecule has 0 unspecified atom stereocenters. The van der Waals surface area contributed by atoms with Crippen molar-refractivity contribution in [3.05, 3.63) is 72.8 Å². The van der Waals surface area contributed by atoms with Gasteiger partial charge in [-0.05, 0) is 86.2 Å². The first-order valence-electron chi connectivity index (χ1n) is 20.9. The molecule has 3 fully saturated rings. The summed E-state index contributed by atoms with van der Waals surface area (Å²) >= 11 is 0. The van der Waals surface area contributed by atoms with Crippen molar-refractivity contribution in [2.24, 2.45) is 5.92 Å². The van der Waals surface area contributed by atoms with Gasteiger partial charge in [0, 0.05) is 6.54 Å². The van der Waals surface area contributed by atoms with E-state index in [2.05, 4.69) is 61.0 Å². The lowest BCUT2D eigenvalue weighted by molar-refractivity contribution is -0.145. The third-order valence-corrected chi connectivity index (χ3v) is 17.4. The van der Waals surface area contributed by atoms with E-state index < -0.39 is 44.0 Å². The first-order chi connectivity index (χ1) is 26.7. The first-order valence-corrected chi connectivity index (χ1v) is 22.8. The molecule has 0 spiro atoms. The predicted molar refractivity (Wildman–Crippen MR) is 223 cm³/mol. The first kappa shape index (κ1) is 43.0. The van der Waals surface area contributed by atoms with E-state index in [0.717, 1.165) is 36.1 Å². The number of carbonyl (C=O) groups excluding carboxylic acids is 5. The van der Waals surface area contributed by atoms with Gasteiger partial charge in [0.2, 0.25) is 23.6 Å². The topological polar surface area (TPSA) is 134 Å². The van der Waals surface area contributed by atoms with Crippen LogP contribution in [0.4, 0.5) is 0 Å². The summed E-state index contributed by atoms with van der Waals surface area (Å²) in [5, 5.41) is 10.8. The molecule has 3 N–H and O–H groups in total. The van der Waals surface area contributed by atoms with Crippen molar-refractivity contribution in [3.8, 4) is 0 Å². The zero-order valence-electron chi connectivity index (χ0n) is 34.4. The summed E-state index contributed by atoms with van der Waals surface area (Å²) in [4.78, 5) is 70.9. The Kier molecular flexibility index (Phi) is 14.5. The van der Waals surface area contributed by atoms with Crippen molar-refractivity contribution in [2.45, 2.75) is 153 Å². The van der Waals surface area contributed by atoms with Crippen molar-refractivity contribution in [1.82, 2.24) is 20.9 Å². The summed E-state index contributed by atoms with van der Waals surface area (Å²) < 4.78 is 6.98. The molecule has 1 aliphatic carbocycles. The smallest absolute Gasteiger partial charge is 0.262 e. The summed E-state index contributed by atoms with van der Waals surface area (Å²) in [7, 11) is -2.93. The number of unbranched alkanes of at least 4 members (excludes halogenated alkanes) is 1. The fourth-order valence-electron chi connectivity index (χ4n) is 8.79. The Balaban J connectivity index is 1.27. The molecule has 2 aliphatic heterocycles. The molecular formula is C45H64N4O6Si. The number of fused-ring (bicyclic) bond motifs is 1. The van der Waals surface area contributed by atoms with Gasteiger partial charge in [-0.2, -0.15) is 0 Å². The van der Waals surface area contributed by atoms with Crippen LogP contribution in [-0.4, -0.2) is 78.9 Å². The van der Waals surface area contributed by atoms with Crippen LogP contribution in [0, 0.1) is 5.92 Å². The molecule has 5 rings (SSSR count). The number of hydrogen-bond donors (Lipinski definition) is 3. The molecule has 2 heterocycles. The normalized spacial score (nSPS) is 25.1. The van der Waals surface area contributed by atoms with Crippen LogP contribution in [0.5, 0.6) is 0 Å². The lowest BCUT2D eigenvalue weighted by Gasteiger charge is -2.44. The molecule has 1 saturated carbocycles. The Morgan fingerprint density at radius 3 is 2.11 bits per heavy atom. The summed E-state index contributed by atoms with van der Waals surface area (Å²) in [5.41, 5.74) is -1.28. The number of amides is 4. The quantitative estimate of drug-likeness (QED) is 0.140. The average molecular weight is 785 g/mol. The molecule has 56 heavy (non-hydrogen) atoms. The van der Waals surface area contributed by atoms with E-state index in [1.54, 1.807) is 24.0 Å². The molecule has 0 aromatic heterocycles. The van der Waals surface area contributed by atoms with Crippen molar-refractivity contribution in [3.63, 3.8) is 0 Å². The number of carbonyl (C=O) groups is 5. The van der Waals surface area contributed by atoms with Gasteiger partial charge in [0.25, 0.3) is 8.32 Å². The van der Waals surface area contributed by atoms with Crippen LogP contribution in [0.15, 0.2) is 72.8 Å². The highest BCUT2D eigenvalue weighted by Crippen LogP contribution is 2.37. The minimum atomic E-state index is -2.93. The number of benzene rings is 2. The molecule has 0 bridgehead atoms. The average Bonchev–Trinajstić information content (AvgIpc) is 3.69. The second-order valence-corrected chi connectivity index (χ2v) is 21.6. The van der Waals surface area contributed by atoms with Gasteiger partial charge >= 0.3 is 0 Å². The van der Waals surface area contributed by atoms with E-state index in [1.807, 2.05) is 50.2 Å². The van der Waals surface area contributed by atoms with Crippen LogP contribution in [0.3, 0.4) is 0 Å². The maximum absolute atomic E-state index is 14.1. The van der Waals surface area contributed by atoms with E-state index in [1.165, 1.54) is 6.42 Å². The number of nitrogens with one attached hydrogen (secondary N) is 3. The lowest BCUT2D eigenvalue weighted by Crippen LogP contribution is -2.68. The van der Waals surface area contributed by atoms with Gasteiger partial charge in [-0.1, -0.05) is 127 Å². The van der Waals surface area contributed by atoms with Gasteiger partial charge in [-0.15, -0.1) is 0 Å². The van der Waals surface area contributed by atoms with Gasteiger partial charge in [0.1, 0.15) is 29.8 Å². The van der Waals surface area contributed by atoms with Crippen molar-refractivity contribution >= 4 is 48.1 Å². The molecule has 3 aliphatic rings. The molecule has 304 valence electrons. The Bertz CT molecular complexity index is 1670. The Morgan fingerprint density at radius 2 is 1.52 bits per heavy atom. The molecular weight excluding hydrogens is 721 g/mol. The highest BCUT2D eigenvalue weighted by Gasteiger charge is 2.51. The summed E-state index contributed by atoms with van der Waals surface area (Å²) in [6.07, 6.45) is 11.4. The van der Waals surface area contributed by atoms with Crippen LogP contribution in [0.1, 0.15) is 119 Å². The third-order valence-electron chi connectivity index (χ3n) is 12.3. The minimum Gasteiger partial charge on any atom is -0.397 e. The van der Waals surface area contributed by atoms with Crippen molar-refractivity contribution in [1.29, 1.82) is 0 Å². The highest BCUT2D eigenvalue weighted by atomic mass is 28.4. The van der Waals surface area contributed by atoms with Crippen molar-refractivity contribution in [2.75, 3.05) is 6.54 Å². The lowest BCUT2D eigenvalue weighted by atomic mass is 9.84. The van der Waals surface area contributed by atoms with E-state index in [9.17, 15) is 24.0 Å². The van der Waals surface area contributed by atoms with E-state index in [4.69, 9.17) is 4.43 Å². The Hall–Kier alpha value is -4.09. The van der Waals surface area contributed by atoms with Gasteiger partial charge in [-0.3, -0.25) is 24.0 Å².